The monoisotopic (exact) mass is 545 g/mol. The van der Waals surface area contributed by atoms with Gasteiger partial charge in [-0.25, -0.2) is 8.42 Å². The molecule has 0 spiro atoms. The second-order valence-electron chi connectivity index (χ2n) is 8.11. The summed E-state index contributed by atoms with van der Waals surface area (Å²) in [6.07, 6.45) is 1.61. The Bertz CT molecular complexity index is 1620. The number of anilines is 1. The Balaban J connectivity index is 1.48. The molecule has 10 heteroatoms. The molecule has 1 aliphatic rings. The molecule has 0 N–H and O–H groups in total. The number of sulfonamides is 1. The van der Waals surface area contributed by atoms with Crippen molar-refractivity contribution >= 4 is 66.4 Å². The predicted molar refractivity (Wildman–Crippen MR) is 141 cm³/mol. The van der Waals surface area contributed by atoms with Gasteiger partial charge >= 0.3 is 0 Å². The lowest BCUT2D eigenvalue weighted by Crippen LogP contribution is -2.35. The van der Waals surface area contributed by atoms with Gasteiger partial charge in [0.2, 0.25) is 0 Å². The molecule has 0 saturated carbocycles. The van der Waals surface area contributed by atoms with E-state index in [4.69, 9.17) is 23.2 Å². The van der Waals surface area contributed by atoms with Crippen molar-refractivity contribution in [2.45, 2.75) is 31.2 Å². The molecule has 6 nitrogen and oxygen atoms in total. The average Bonchev–Trinajstić information content (AvgIpc) is 3.20. The zero-order valence-corrected chi connectivity index (χ0v) is 21.9. The van der Waals surface area contributed by atoms with Crippen molar-refractivity contribution in [1.82, 2.24) is 4.57 Å². The summed E-state index contributed by atoms with van der Waals surface area (Å²) in [6.45, 7) is 2.94. The molecule has 4 aromatic rings. The van der Waals surface area contributed by atoms with Crippen molar-refractivity contribution in [3.63, 3.8) is 0 Å². The van der Waals surface area contributed by atoms with Crippen molar-refractivity contribution in [3.05, 3.63) is 86.6 Å². The summed E-state index contributed by atoms with van der Waals surface area (Å²) in [5.41, 5.74) is 2.80. The van der Waals surface area contributed by atoms with Gasteiger partial charge in [-0.3, -0.25) is 9.10 Å². The van der Waals surface area contributed by atoms with Crippen LogP contribution in [-0.2, 0) is 23.0 Å². The first-order valence-electron chi connectivity index (χ1n) is 11.1. The number of fused-ring (bicyclic) bond motifs is 2. The number of thiazole rings is 1. The first kappa shape index (κ1) is 24.1. The Morgan fingerprint density at radius 1 is 1.09 bits per heavy atom. The number of rotatable bonds is 4. The number of carbonyl (C=O) groups excluding carboxylic acids is 1. The molecule has 1 aliphatic heterocycles. The maximum absolute atomic E-state index is 13.4. The maximum atomic E-state index is 13.4. The van der Waals surface area contributed by atoms with Gasteiger partial charge in [0.25, 0.3) is 15.9 Å². The molecule has 1 aromatic heterocycles. The number of halogens is 2. The molecule has 35 heavy (non-hydrogen) atoms. The fraction of sp³-hybridized carbons (Fsp3) is 0.200. The quantitative estimate of drug-likeness (QED) is 0.320. The van der Waals surface area contributed by atoms with Crippen molar-refractivity contribution in [1.29, 1.82) is 0 Å². The maximum Gasteiger partial charge on any atom is 0.279 e. The number of carbonyl (C=O) groups is 1. The summed E-state index contributed by atoms with van der Waals surface area (Å²) in [5, 5.41) is 1.01. The molecule has 1 amide bonds. The van der Waals surface area contributed by atoms with E-state index in [0.717, 1.165) is 28.6 Å². The molecule has 5 rings (SSSR count). The van der Waals surface area contributed by atoms with Crippen molar-refractivity contribution < 1.29 is 13.2 Å². The Morgan fingerprint density at radius 2 is 1.83 bits per heavy atom. The van der Waals surface area contributed by atoms with Gasteiger partial charge in [0.1, 0.15) is 0 Å². The topological polar surface area (TPSA) is 71.7 Å². The number of aromatic nitrogens is 1. The fourth-order valence-electron chi connectivity index (χ4n) is 4.30. The van der Waals surface area contributed by atoms with Gasteiger partial charge < -0.3 is 4.57 Å². The van der Waals surface area contributed by atoms with E-state index < -0.39 is 15.9 Å². The number of amides is 1. The second-order valence-corrected chi connectivity index (χ2v) is 11.8. The number of para-hydroxylation sites is 1. The van der Waals surface area contributed by atoms with E-state index >= 15 is 0 Å². The van der Waals surface area contributed by atoms with E-state index in [0.29, 0.717) is 39.2 Å². The summed E-state index contributed by atoms with van der Waals surface area (Å²) in [6, 6.07) is 16.9. The van der Waals surface area contributed by atoms with Crippen LogP contribution in [0, 0.1) is 0 Å². The summed E-state index contributed by atoms with van der Waals surface area (Å²) in [4.78, 5) is 17.9. The molecule has 0 radical (unpaired) electrons. The predicted octanol–water partition coefficient (Wildman–Crippen LogP) is 5.91. The summed E-state index contributed by atoms with van der Waals surface area (Å²) < 4.78 is 30.9. The van der Waals surface area contributed by atoms with Gasteiger partial charge in [-0.2, -0.15) is 4.99 Å². The fourth-order valence-corrected chi connectivity index (χ4v) is 7.72. The molecule has 3 aromatic carbocycles. The first-order chi connectivity index (χ1) is 16.8. The van der Waals surface area contributed by atoms with E-state index in [-0.39, 0.29) is 4.90 Å². The molecule has 180 valence electrons. The molecule has 0 unspecified atom stereocenters. The number of hydrogen-bond acceptors (Lipinski definition) is 4. The Morgan fingerprint density at radius 3 is 2.57 bits per heavy atom. The van der Waals surface area contributed by atoms with Gasteiger partial charge in [-0.1, -0.05) is 52.7 Å². The average molecular weight is 547 g/mol. The lowest BCUT2D eigenvalue weighted by atomic mass is 10.0. The van der Waals surface area contributed by atoms with Crippen LogP contribution in [0.15, 0.2) is 70.6 Å². The van der Waals surface area contributed by atoms with Gasteiger partial charge in [0.15, 0.2) is 4.80 Å². The minimum absolute atomic E-state index is 0.137. The van der Waals surface area contributed by atoms with Crippen LogP contribution in [0.2, 0.25) is 10.0 Å². The molecule has 0 saturated heterocycles. The van der Waals surface area contributed by atoms with E-state index in [1.807, 2.05) is 35.8 Å². The highest BCUT2D eigenvalue weighted by Gasteiger charge is 2.29. The minimum Gasteiger partial charge on any atom is -0.315 e. The van der Waals surface area contributed by atoms with Crippen molar-refractivity contribution in [2.75, 3.05) is 10.8 Å². The third-order valence-corrected chi connectivity index (χ3v) is 9.32. The summed E-state index contributed by atoms with van der Waals surface area (Å²) in [7, 11) is -3.75. The van der Waals surface area contributed by atoms with Gasteiger partial charge in [-0.05, 0) is 67.8 Å². The minimum atomic E-state index is -3.75. The van der Waals surface area contributed by atoms with Crippen LogP contribution >= 0.6 is 34.5 Å². The lowest BCUT2D eigenvalue weighted by Gasteiger charge is -2.30. The highest BCUT2D eigenvalue weighted by Crippen LogP contribution is 2.32. The largest absolute Gasteiger partial charge is 0.315 e. The van der Waals surface area contributed by atoms with Crippen molar-refractivity contribution in [2.24, 2.45) is 4.99 Å². The molecule has 2 heterocycles. The SMILES string of the molecule is CCn1c(=NC(=O)c2ccc(S(=O)(=O)N3CCCc4ccccc43)cc2)sc2cc(Cl)cc(Cl)c21. The number of benzene rings is 3. The summed E-state index contributed by atoms with van der Waals surface area (Å²) in [5.74, 6) is -0.465. The zero-order chi connectivity index (χ0) is 24.7. The van der Waals surface area contributed by atoms with E-state index in [9.17, 15) is 13.2 Å². The third kappa shape index (κ3) is 4.40. The lowest BCUT2D eigenvalue weighted by molar-refractivity contribution is 0.0997. The second kappa shape index (κ2) is 9.43. The highest BCUT2D eigenvalue weighted by molar-refractivity contribution is 7.92. The third-order valence-electron chi connectivity index (χ3n) is 5.97. The summed E-state index contributed by atoms with van der Waals surface area (Å²) >= 11 is 13.8. The Kier molecular flexibility index (Phi) is 6.48. The molecular weight excluding hydrogens is 525 g/mol. The Hall–Kier alpha value is -2.65. The van der Waals surface area contributed by atoms with Gasteiger partial charge in [0, 0.05) is 23.7 Å². The number of nitrogens with zero attached hydrogens (tertiary/aromatic N) is 3. The van der Waals surface area contributed by atoms with E-state index in [1.54, 1.807) is 12.1 Å². The molecule has 0 fully saturated rings. The van der Waals surface area contributed by atoms with Gasteiger partial charge in [0.05, 0.1) is 25.8 Å². The van der Waals surface area contributed by atoms with Crippen LogP contribution in [0.1, 0.15) is 29.3 Å². The van der Waals surface area contributed by atoms with Crippen LogP contribution in [0.5, 0.6) is 0 Å². The van der Waals surface area contributed by atoms with Crippen LogP contribution in [0.4, 0.5) is 5.69 Å². The van der Waals surface area contributed by atoms with Crippen LogP contribution in [0.25, 0.3) is 10.2 Å². The first-order valence-corrected chi connectivity index (χ1v) is 14.1. The number of aryl methyl sites for hydroxylation is 2. The highest BCUT2D eigenvalue weighted by atomic mass is 35.5. The Labute approximate surface area is 217 Å². The van der Waals surface area contributed by atoms with Crippen molar-refractivity contribution in [3.8, 4) is 0 Å². The standard InChI is InChI=1S/C25H21Cl2N3O3S2/c1-2-29-23-20(27)14-18(26)15-22(23)34-25(29)28-24(31)17-9-11-19(12-10-17)35(32,33)30-13-5-7-16-6-3-4-8-21(16)30/h3-4,6,8-12,14-15H,2,5,7,13H2,1H3. The van der Waals surface area contributed by atoms with Crippen LogP contribution in [0.3, 0.4) is 0 Å². The van der Waals surface area contributed by atoms with Crippen LogP contribution in [-0.4, -0.2) is 25.4 Å². The molecule has 0 atom stereocenters. The zero-order valence-electron chi connectivity index (χ0n) is 18.7. The van der Waals surface area contributed by atoms with E-state index in [1.165, 1.54) is 39.9 Å². The smallest absolute Gasteiger partial charge is 0.279 e. The molecule has 0 bridgehead atoms. The van der Waals surface area contributed by atoms with Crippen LogP contribution < -0.4 is 9.11 Å². The molecule has 0 aliphatic carbocycles. The van der Waals surface area contributed by atoms with Gasteiger partial charge in [-0.15, -0.1) is 0 Å². The van der Waals surface area contributed by atoms with E-state index in [2.05, 4.69) is 4.99 Å². The number of hydrogen-bond donors (Lipinski definition) is 0. The molecular formula is C25H21Cl2N3O3S2. The normalized spacial score (nSPS) is 14.4.